The highest BCUT2D eigenvalue weighted by Crippen LogP contribution is 2.04. The molecule has 22 heavy (non-hydrogen) atoms. The van der Waals surface area contributed by atoms with E-state index in [1.54, 1.807) is 7.11 Å². The minimum Gasteiger partial charge on any atom is -0.481 e. The largest absolute Gasteiger partial charge is 0.481 e. The number of hydrogen-bond donors (Lipinski definition) is 1. The van der Waals surface area contributed by atoms with Crippen molar-refractivity contribution < 1.29 is 24.1 Å². The van der Waals surface area contributed by atoms with Crippen LogP contribution in [-0.4, -0.2) is 80.8 Å². The normalized spacial score (nSPS) is 13.2. The molecule has 0 bridgehead atoms. The van der Waals surface area contributed by atoms with Crippen LogP contribution in [0.15, 0.2) is 12.4 Å². The van der Waals surface area contributed by atoms with Gasteiger partial charge in [0, 0.05) is 39.2 Å². The van der Waals surface area contributed by atoms with Crippen molar-refractivity contribution in [3.8, 4) is 0 Å². The molecule has 0 amide bonds. The van der Waals surface area contributed by atoms with Gasteiger partial charge in [0.1, 0.15) is 0 Å². The molecule has 0 saturated heterocycles. The second-order valence-corrected chi connectivity index (χ2v) is 4.60. The predicted octanol–water partition coefficient (Wildman–Crippen LogP) is 1.21. The molecule has 1 rings (SSSR count). The topological polar surface area (TPSA) is 71.5 Å². The standard InChI is InChI=1S/C8H16N2O.C7H14O4/c1-3-9-4-5-10(8-9)6-7-11-2;1-2-10-5-6-11-4-3-7(8)9/h4-5H,3,6-8H2,1-2H3;2-6H2,1H3,(H,8,9). The Labute approximate surface area is 133 Å². The summed E-state index contributed by atoms with van der Waals surface area (Å²) >= 11 is 0. The summed E-state index contributed by atoms with van der Waals surface area (Å²) in [6.45, 7) is 9.90. The van der Waals surface area contributed by atoms with Crippen molar-refractivity contribution in [1.82, 2.24) is 9.80 Å². The van der Waals surface area contributed by atoms with E-state index in [1.165, 1.54) is 0 Å². The predicted molar refractivity (Wildman–Crippen MR) is 84.5 cm³/mol. The van der Waals surface area contributed by atoms with Gasteiger partial charge >= 0.3 is 5.97 Å². The smallest absolute Gasteiger partial charge is 0.305 e. The molecule has 0 aromatic rings. The highest BCUT2D eigenvalue weighted by molar-refractivity contribution is 5.66. The first kappa shape index (κ1) is 20.7. The van der Waals surface area contributed by atoms with E-state index in [4.69, 9.17) is 19.3 Å². The lowest BCUT2D eigenvalue weighted by Crippen LogP contribution is -2.27. The fourth-order valence-corrected chi connectivity index (χ4v) is 1.60. The molecular weight excluding hydrogens is 288 g/mol. The number of carboxylic acids is 1. The van der Waals surface area contributed by atoms with Crippen molar-refractivity contribution >= 4 is 5.97 Å². The fraction of sp³-hybridized carbons (Fsp3) is 0.800. The quantitative estimate of drug-likeness (QED) is 0.574. The molecule has 0 radical (unpaired) electrons. The van der Waals surface area contributed by atoms with Gasteiger partial charge in [-0.05, 0) is 13.8 Å². The van der Waals surface area contributed by atoms with Crippen molar-refractivity contribution in [1.29, 1.82) is 0 Å². The van der Waals surface area contributed by atoms with Crippen LogP contribution in [0.3, 0.4) is 0 Å². The van der Waals surface area contributed by atoms with Gasteiger partial charge in [-0.25, -0.2) is 0 Å². The molecule has 1 aliphatic rings. The number of nitrogens with zero attached hydrogens (tertiary/aromatic N) is 2. The molecule has 0 saturated carbocycles. The maximum absolute atomic E-state index is 9.98. The summed E-state index contributed by atoms with van der Waals surface area (Å²) in [6, 6.07) is 0. The second-order valence-electron chi connectivity index (χ2n) is 4.60. The summed E-state index contributed by atoms with van der Waals surface area (Å²) < 4.78 is 14.9. The molecule has 7 nitrogen and oxygen atoms in total. The molecule has 0 aromatic carbocycles. The number of aliphatic carboxylic acids is 1. The van der Waals surface area contributed by atoms with Crippen LogP contribution in [-0.2, 0) is 19.0 Å². The summed E-state index contributed by atoms with van der Waals surface area (Å²) in [5.74, 6) is -0.832. The van der Waals surface area contributed by atoms with Crippen LogP contribution < -0.4 is 0 Å². The number of carboxylic acid groups (broad SMARTS) is 1. The van der Waals surface area contributed by atoms with Crippen molar-refractivity contribution in [2.24, 2.45) is 0 Å². The third-order valence-electron chi connectivity index (χ3n) is 2.88. The van der Waals surface area contributed by atoms with Crippen molar-refractivity contribution in [3.05, 3.63) is 12.4 Å². The van der Waals surface area contributed by atoms with E-state index in [2.05, 4.69) is 29.1 Å². The Morgan fingerprint density at radius 2 is 1.77 bits per heavy atom. The van der Waals surface area contributed by atoms with Crippen LogP contribution in [0.4, 0.5) is 0 Å². The number of hydrogen-bond acceptors (Lipinski definition) is 6. The monoisotopic (exact) mass is 318 g/mol. The molecular formula is C15H30N2O5. The van der Waals surface area contributed by atoms with Crippen molar-refractivity contribution in [2.45, 2.75) is 20.3 Å². The number of ether oxygens (including phenoxy) is 3. The van der Waals surface area contributed by atoms with Crippen LogP contribution in [0.1, 0.15) is 20.3 Å². The highest BCUT2D eigenvalue weighted by atomic mass is 16.5. The van der Waals surface area contributed by atoms with Gasteiger partial charge in [-0.1, -0.05) is 0 Å². The summed E-state index contributed by atoms with van der Waals surface area (Å²) in [5, 5.41) is 8.20. The van der Waals surface area contributed by atoms with Gasteiger partial charge < -0.3 is 29.1 Å². The zero-order valence-electron chi connectivity index (χ0n) is 14.0. The average Bonchev–Trinajstić information content (AvgIpc) is 2.97. The molecule has 0 atom stereocenters. The lowest BCUT2D eigenvalue weighted by molar-refractivity contribution is -0.138. The fourth-order valence-electron chi connectivity index (χ4n) is 1.60. The second kappa shape index (κ2) is 14.6. The summed E-state index contributed by atoms with van der Waals surface area (Å²) in [5.41, 5.74) is 0. The van der Waals surface area contributed by atoms with Crippen molar-refractivity contribution in [3.63, 3.8) is 0 Å². The summed E-state index contributed by atoms with van der Waals surface area (Å²) in [4.78, 5) is 14.5. The molecule has 0 spiro atoms. The summed E-state index contributed by atoms with van der Waals surface area (Å²) in [6.07, 6.45) is 4.30. The lowest BCUT2D eigenvalue weighted by Gasteiger charge is -2.19. The first-order valence-electron chi connectivity index (χ1n) is 7.66. The van der Waals surface area contributed by atoms with Crippen LogP contribution >= 0.6 is 0 Å². The molecule has 7 heteroatoms. The highest BCUT2D eigenvalue weighted by Gasteiger charge is 2.08. The Hall–Kier alpha value is -1.31. The SMILES string of the molecule is CCN1C=CN(CCOC)C1.CCOCCOCCC(=O)O. The zero-order valence-corrected chi connectivity index (χ0v) is 14.0. The van der Waals surface area contributed by atoms with Gasteiger partial charge in [-0.15, -0.1) is 0 Å². The van der Waals surface area contributed by atoms with E-state index in [9.17, 15) is 4.79 Å². The van der Waals surface area contributed by atoms with Gasteiger partial charge in [-0.2, -0.15) is 0 Å². The van der Waals surface area contributed by atoms with E-state index < -0.39 is 5.97 Å². The molecule has 1 N–H and O–H groups in total. The van der Waals surface area contributed by atoms with Gasteiger partial charge in [0.2, 0.25) is 0 Å². The number of methoxy groups -OCH3 is 1. The zero-order chi connectivity index (χ0) is 16.6. The minimum atomic E-state index is -0.832. The molecule has 1 heterocycles. The molecule has 0 aromatic heterocycles. The van der Waals surface area contributed by atoms with Crippen LogP contribution in [0.2, 0.25) is 0 Å². The van der Waals surface area contributed by atoms with Crippen LogP contribution in [0.5, 0.6) is 0 Å². The Balaban J connectivity index is 0.000000401. The maximum Gasteiger partial charge on any atom is 0.305 e. The maximum atomic E-state index is 9.98. The molecule has 0 aliphatic carbocycles. The minimum absolute atomic E-state index is 0.0616. The molecule has 130 valence electrons. The number of rotatable bonds is 11. The van der Waals surface area contributed by atoms with E-state index in [0.717, 1.165) is 26.4 Å². The molecule has 1 aliphatic heterocycles. The first-order valence-corrected chi connectivity index (χ1v) is 7.66. The molecule has 0 unspecified atom stereocenters. The average molecular weight is 318 g/mol. The van der Waals surface area contributed by atoms with E-state index in [1.807, 2.05) is 6.92 Å². The van der Waals surface area contributed by atoms with E-state index in [0.29, 0.717) is 19.8 Å². The third kappa shape index (κ3) is 12.4. The summed E-state index contributed by atoms with van der Waals surface area (Å²) in [7, 11) is 1.73. The Morgan fingerprint density at radius 3 is 2.32 bits per heavy atom. The van der Waals surface area contributed by atoms with Crippen LogP contribution in [0.25, 0.3) is 0 Å². The van der Waals surface area contributed by atoms with Gasteiger partial charge in [0.15, 0.2) is 0 Å². The van der Waals surface area contributed by atoms with Gasteiger partial charge in [0.05, 0.1) is 39.5 Å². The first-order chi connectivity index (χ1) is 10.6. The van der Waals surface area contributed by atoms with Crippen molar-refractivity contribution in [2.75, 3.05) is 59.9 Å². The van der Waals surface area contributed by atoms with E-state index >= 15 is 0 Å². The third-order valence-corrected chi connectivity index (χ3v) is 2.88. The Kier molecular flexibility index (Phi) is 13.7. The lowest BCUT2D eigenvalue weighted by atomic mass is 10.5. The van der Waals surface area contributed by atoms with Gasteiger partial charge in [-0.3, -0.25) is 4.79 Å². The Bertz CT molecular complexity index is 300. The Morgan fingerprint density at radius 1 is 1.09 bits per heavy atom. The molecule has 0 fully saturated rings. The van der Waals surface area contributed by atoms with Gasteiger partial charge in [0.25, 0.3) is 0 Å². The van der Waals surface area contributed by atoms with Crippen LogP contribution in [0, 0.1) is 0 Å². The number of carbonyl (C=O) groups is 1. The van der Waals surface area contributed by atoms with E-state index in [-0.39, 0.29) is 13.0 Å².